The van der Waals surface area contributed by atoms with Crippen molar-refractivity contribution in [2.75, 3.05) is 10.8 Å². The van der Waals surface area contributed by atoms with Crippen molar-refractivity contribution in [3.05, 3.63) is 94.5 Å². The number of anilines is 1. The van der Waals surface area contributed by atoms with E-state index in [4.69, 9.17) is 11.6 Å². The van der Waals surface area contributed by atoms with Crippen LogP contribution in [0.3, 0.4) is 0 Å². The summed E-state index contributed by atoms with van der Waals surface area (Å²) in [5.74, 6) is -0.859. The normalized spacial score (nSPS) is 12.5. The van der Waals surface area contributed by atoms with Crippen LogP contribution in [0.5, 0.6) is 0 Å². The van der Waals surface area contributed by atoms with Crippen molar-refractivity contribution in [2.24, 2.45) is 0 Å². The van der Waals surface area contributed by atoms with Crippen LogP contribution in [0.4, 0.5) is 5.69 Å². The number of benzene rings is 3. The number of amides is 2. The van der Waals surface area contributed by atoms with Gasteiger partial charge in [0.1, 0.15) is 12.6 Å². The van der Waals surface area contributed by atoms with Crippen LogP contribution in [-0.2, 0) is 26.2 Å². The van der Waals surface area contributed by atoms with Gasteiger partial charge in [-0.3, -0.25) is 13.9 Å². The SMILES string of the molecule is Cc1ccc(CN(C(=O)CN(c2ccc(C)c(Cl)c2)S(=O)(=O)c2ccccc2)[C@H](C)C(=O)NC(C)(C)C)cc1. The van der Waals surface area contributed by atoms with Crippen LogP contribution < -0.4 is 9.62 Å². The Morgan fingerprint density at radius 2 is 1.56 bits per heavy atom. The van der Waals surface area contributed by atoms with Gasteiger partial charge in [-0.15, -0.1) is 0 Å². The second kappa shape index (κ2) is 12.2. The van der Waals surface area contributed by atoms with Gasteiger partial charge in [0.25, 0.3) is 10.0 Å². The van der Waals surface area contributed by atoms with Crippen molar-refractivity contribution in [2.45, 2.75) is 64.6 Å². The van der Waals surface area contributed by atoms with Crippen molar-refractivity contribution in [1.29, 1.82) is 0 Å². The minimum atomic E-state index is -4.14. The predicted molar refractivity (Wildman–Crippen MR) is 156 cm³/mol. The van der Waals surface area contributed by atoms with E-state index in [0.29, 0.717) is 5.02 Å². The number of nitrogens with zero attached hydrogens (tertiary/aromatic N) is 2. The van der Waals surface area contributed by atoms with Gasteiger partial charge in [-0.1, -0.05) is 65.7 Å². The number of sulfonamides is 1. The fourth-order valence-corrected chi connectivity index (χ4v) is 5.53. The molecule has 9 heteroatoms. The molecule has 0 radical (unpaired) electrons. The first-order chi connectivity index (χ1) is 18.2. The molecule has 39 heavy (non-hydrogen) atoms. The lowest BCUT2D eigenvalue weighted by Crippen LogP contribution is -2.54. The lowest BCUT2D eigenvalue weighted by Gasteiger charge is -2.33. The monoisotopic (exact) mass is 569 g/mol. The minimum Gasteiger partial charge on any atom is -0.350 e. The average molecular weight is 570 g/mol. The molecule has 0 heterocycles. The Balaban J connectivity index is 2.04. The van der Waals surface area contributed by atoms with E-state index < -0.39 is 34.1 Å². The molecule has 0 unspecified atom stereocenters. The third-order valence-electron chi connectivity index (χ3n) is 6.19. The summed E-state index contributed by atoms with van der Waals surface area (Å²) < 4.78 is 28.7. The third-order valence-corrected chi connectivity index (χ3v) is 8.39. The quantitative estimate of drug-likeness (QED) is 0.369. The maximum atomic E-state index is 13.9. The average Bonchev–Trinajstić information content (AvgIpc) is 2.87. The molecule has 0 aliphatic rings. The molecule has 0 saturated heterocycles. The first-order valence-electron chi connectivity index (χ1n) is 12.7. The van der Waals surface area contributed by atoms with Gasteiger partial charge in [-0.2, -0.15) is 0 Å². The Morgan fingerprint density at radius 1 is 0.949 bits per heavy atom. The molecule has 1 atom stereocenters. The smallest absolute Gasteiger partial charge is 0.264 e. The number of nitrogens with one attached hydrogen (secondary N) is 1. The molecule has 3 aromatic rings. The first-order valence-corrected chi connectivity index (χ1v) is 14.5. The fourth-order valence-electron chi connectivity index (χ4n) is 3.93. The first kappa shape index (κ1) is 30.2. The zero-order valence-electron chi connectivity index (χ0n) is 23.2. The molecule has 208 valence electrons. The number of carbonyl (C=O) groups excluding carboxylic acids is 2. The maximum Gasteiger partial charge on any atom is 0.264 e. The summed E-state index contributed by atoms with van der Waals surface area (Å²) in [6.07, 6.45) is 0. The number of halogens is 1. The van der Waals surface area contributed by atoms with E-state index in [0.717, 1.165) is 21.0 Å². The Bertz CT molecular complexity index is 1420. The van der Waals surface area contributed by atoms with Crippen LogP contribution in [0.15, 0.2) is 77.7 Å². The molecule has 2 amide bonds. The van der Waals surface area contributed by atoms with E-state index in [1.165, 1.54) is 23.1 Å². The van der Waals surface area contributed by atoms with Gasteiger partial charge in [0.05, 0.1) is 10.6 Å². The Labute approximate surface area is 236 Å². The van der Waals surface area contributed by atoms with Crippen LogP contribution >= 0.6 is 11.6 Å². The van der Waals surface area contributed by atoms with Gasteiger partial charge >= 0.3 is 0 Å². The number of hydrogen-bond acceptors (Lipinski definition) is 4. The molecule has 3 aromatic carbocycles. The second-order valence-electron chi connectivity index (χ2n) is 10.7. The van der Waals surface area contributed by atoms with Crippen molar-refractivity contribution in [1.82, 2.24) is 10.2 Å². The molecule has 0 aromatic heterocycles. The molecule has 0 spiro atoms. The number of hydrogen-bond donors (Lipinski definition) is 1. The number of carbonyl (C=O) groups is 2. The van der Waals surface area contributed by atoms with Gasteiger partial charge in [0.2, 0.25) is 11.8 Å². The molecular weight excluding hydrogens is 534 g/mol. The van der Waals surface area contributed by atoms with Crippen LogP contribution in [-0.4, -0.2) is 43.3 Å². The molecule has 3 rings (SSSR count). The number of aryl methyl sites for hydroxylation is 2. The summed E-state index contributed by atoms with van der Waals surface area (Å²) in [6, 6.07) is 19.6. The molecule has 0 aliphatic heterocycles. The van der Waals surface area contributed by atoms with Gasteiger partial charge in [0, 0.05) is 17.1 Å². The summed E-state index contributed by atoms with van der Waals surface area (Å²) in [5.41, 5.74) is 2.40. The highest BCUT2D eigenvalue weighted by molar-refractivity contribution is 7.92. The summed E-state index contributed by atoms with van der Waals surface area (Å²) in [7, 11) is -4.14. The number of rotatable bonds is 9. The summed E-state index contributed by atoms with van der Waals surface area (Å²) in [5, 5.41) is 3.30. The maximum absolute atomic E-state index is 13.9. The molecule has 1 N–H and O–H groups in total. The predicted octanol–water partition coefficient (Wildman–Crippen LogP) is 5.48. The van der Waals surface area contributed by atoms with Gasteiger partial charge in [0.15, 0.2) is 0 Å². The van der Waals surface area contributed by atoms with E-state index in [2.05, 4.69) is 5.32 Å². The molecule has 0 bridgehead atoms. The molecule has 7 nitrogen and oxygen atoms in total. The fraction of sp³-hybridized carbons (Fsp3) is 0.333. The Hall–Kier alpha value is -3.36. The van der Waals surface area contributed by atoms with Crippen molar-refractivity contribution < 1.29 is 18.0 Å². The Morgan fingerprint density at radius 3 is 2.13 bits per heavy atom. The van der Waals surface area contributed by atoms with E-state index in [9.17, 15) is 18.0 Å². The highest BCUT2D eigenvalue weighted by Crippen LogP contribution is 2.28. The molecular formula is C30H36ClN3O4S. The zero-order valence-corrected chi connectivity index (χ0v) is 24.8. The zero-order chi connectivity index (χ0) is 29.0. The van der Waals surface area contributed by atoms with E-state index >= 15 is 0 Å². The van der Waals surface area contributed by atoms with Crippen LogP contribution in [0, 0.1) is 13.8 Å². The highest BCUT2D eigenvalue weighted by Gasteiger charge is 2.33. The third kappa shape index (κ3) is 7.83. The highest BCUT2D eigenvalue weighted by atomic mass is 35.5. The summed E-state index contributed by atoms with van der Waals surface area (Å²) >= 11 is 6.36. The van der Waals surface area contributed by atoms with Crippen molar-refractivity contribution >= 4 is 39.1 Å². The second-order valence-corrected chi connectivity index (χ2v) is 13.0. The van der Waals surface area contributed by atoms with Crippen LogP contribution in [0.25, 0.3) is 0 Å². The molecule has 0 aliphatic carbocycles. The summed E-state index contributed by atoms with van der Waals surface area (Å²) in [4.78, 5) is 28.5. The van der Waals surface area contributed by atoms with Gasteiger partial charge in [-0.25, -0.2) is 8.42 Å². The van der Waals surface area contributed by atoms with Gasteiger partial charge in [-0.05, 0) is 76.9 Å². The molecule has 0 fully saturated rings. The van der Waals surface area contributed by atoms with Crippen molar-refractivity contribution in [3.63, 3.8) is 0 Å². The minimum absolute atomic E-state index is 0.0399. The van der Waals surface area contributed by atoms with Crippen LogP contribution in [0.2, 0.25) is 5.02 Å². The van der Waals surface area contributed by atoms with E-state index in [-0.39, 0.29) is 23.0 Å². The van der Waals surface area contributed by atoms with Crippen LogP contribution in [0.1, 0.15) is 44.4 Å². The summed E-state index contributed by atoms with van der Waals surface area (Å²) in [6.45, 7) is 10.6. The molecule has 0 saturated carbocycles. The van der Waals surface area contributed by atoms with Gasteiger partial charge < -0.3 is 10.2 Å². The lowest BCUT2D eigenvalue weighted by molar-refractivity contribution is -0.140. The lowest BCUT2D eigenvalue weighted by atomic mass is 10.1. The standard InChI is InChI=1S/C30H36ClN3O4S/c1-21-12-15-24(16-13-21)19-33(23(3)29(36)32-30(4,5)6)28(35)20-34(25-17-14-22(2)27(31)18-25)39(37,38)26-10-8-7-9-11-26/h7-18,23H,19-20H2,1-6H3,(H,32,36)/t23-/m1/s1. The van der Waals surface area contributed by atoms with Crippen molar-refractivity contribution in [3.8, 4) is 0 Å². The largest absolute Gasteiger partial charge is 0.350 e. The van der Waals surface area contributed by atoms with E-state index in [1.54, 1.807) is 37.3 Å². The topological polar surface area (TPSA) is 86.8 Å². The van der Waals surface area contributed by atoms with E-state index in [1.807, 2.05) is 58.9 Å². The Kier molecular flexibility index (Phi) is 9.46.